The Balaban J connectivity index is 0.000000606. The molecule has 0 unspecified atom stereocenters. The van der Waals surface area contributed by atoms with Gasteiger partial charge < -0.3 is 9.47 Å². The molecule has 90 valence electrons. The Morgan fingerprint density at radius 2 is 2.06 bits per heavy atom. The molecule has 4 heteroatoms. The Labute approximate surface area is 97.3 Å². The average molecular weight is 223 g/mol. The van der Waals surface area contributed by atoms with Gasteiger partial charge in [-0.05, 0) is 13.3 Å². The Kier molecular flexibility index (Phi) is 4.10. The molecule has 0 N–H and O–H groups in total. The summed E-state index contributed by atoms with van der Waals surface area (Å²) in [6.45, 7) is 8.53. The van der Waals surface area contributed by atoms with E-state index < -0.39 is 0 Å². The molecular weight excluding hydrogens is 202 g/mol. The van der Waals surface area contributed by atoms with E-state index in [-0.39, 0.29) is 5.91 Å². The molecule has 0 atom stereocenters. The summed E-state index contributed by atoms with van der Waals surface area (Å²) in [6.07, 6.45) is 2.17. The van der Waals surface area contributed by atoms with Crippen molar-refractivity contribution in [3.05, 3.63) is 11.5 Å². The first-order chi connectivity index (χ1) is 7.61. The molecule has 0 saturated heterocycles. The molecule has 0 fully saturated rings. The lowest BCUT2D eigenvalue weighted by Crippen LogP contribution is -2.26. The van der Waals surface area contributed by atoms with Gasteiger partial charge in [0.15, 0.2) is 0 Å². The van der Waals surface area contributed by atoms with Crippen LogP contribution >= 0.6 is 0 Å². The zero-order valence-electron chi connectivity index (χ0n) is 10.9. The fourth-order valence-corrected chi connectivity index (χ4v) is 2.02. The molecule has 0 aromatic carbocycles. The maximum Gasteiger partial charge on any atom is 0.224 e. The van der Waals surface area contributed by atoms with Gasteiger partial charge in [-0.3, -0.25) is 4.79 Å². The summed E-state index contributed by atoms with van der Waals surface area (Å²) in [5.41, 5.74) is 0.956. The average Bonchev–Trinajstić information content (AvgIpc) is 2.79. The summed E-state index contributed by atoms with van der Waals surface area (Å²) >= 11 is 0. The quantitative estimate of drug-likeness (QED) is 0.731. The molecule has 0 aliphatic carbocycles. The lowest BCUT2D eigenvalue weighted by Gasteiger charge is -2.17. The molecule has 1 amide bonds. The molecule has 0 radical (unpaired) electrons. The molecule has 0 bridgehead atoms. The highest BCUT2D eigenvalue weighted by atomic mass is 16.2. The number of anilines is 1. The number of hydrogen-bond donors (Lipinski definition) is 0. The fraction of sp³-hybridized carbons (Fsp3) is 0.667. The topological polar surface area (TPSA) is 38.1 Å². The third kappa shape index (κ3) is 2.10. The van der Waals surface area contributed by atoms with Gasteiger partial charge in [0.2, 0.25) is 5.91 Å². The zero-order valence-corrected chi connectivity index (χ0v) is 10.9. The Hall–Kier alpha value is -1.32. The summed E-state index contributed by atoms with van der Waals surface area (Å²) in [6, 6.07) is 0. The number of carbonyl (C=O) groups excluding carboxylic acids is 1. The lowest BCUT2D eigenvalue weighted by molar-refractivity contribution is -0.116. The normalized spacial score (nSPS) is 12.8. The van der Waals surface area contributed by atoms with Crippen LogP contribution < -0.4 is 4.90 Å². The van der Waals surface area contributed by atoms with E-state index in [0.29, 0.717) is 0 Å². The third-order valence-corrected chi connectivity index (χ3v) is 2.76. The standard InChI is InChI=1S/C10H15N3O.C2H6/c1-7-10(12(3)8(2)14)13-6-4-5-9(13)11-7;1-2/h4-6H2,1-3H3;1-2H3. The van der Waals surface area contributed by atoms with Crippen molar-refractivity contribution in [2.45, 2.75) is 47.1 Å². The predicted molar refractivity (Wildman–Crippen MR) is 65.7 cm³/mol. The van der Waals surface area contributed by atoms with Crippen LogP contribution in [0.2, 0.25) is 0 Å². The van der Waals surface area contributed by atoms with E-state index in [9.17, 15) is 4.79 Å². The lowest BCUT2D eigenvalue weighted by atomic mass is 10.3. The first kappa shape index (κ1) is 12.7. The van der Waals surface area contributed by atoms with Crippen LogP contribution in [0, 0.1) is 6.92 Å². The van der Waals surface area contributed by atoms with Crippen molar-refractivity contribution >= 4 is 11.7 Å². The molecule has 2 rings (SSSR count). The highest BCUT2D eigenvalue weighted by Gasteiger charge is 2.22. The molecule has 0 saturated carbocycles. The van der Waals surface area contributed by atoms with Crippen molar-refractivity contribution < 1.29 is 4.79 Å². The Morgan fingerprint density at radius 1 is 1.44 bits per heavy atom. The summed E-state index contributed by atoms with van der Waals surface area (Å²) in [4.78, 5) is 17.4. The number of aryl methyl sites for hydroxylation is 2. The maximum absolute atomic E-state index is 11.3. The minimum atomic E-state index is 0.0581. The predicted octanol–water partition coefficient (Wildman–Crippen LogP) is 2.15. The second-order valence-corrected chi connectivity index (χ2v) is 3.77. The largest absolute Gasteiger partial charge is 0.314 e. The van der Waals surface area contributed by atoms with Crippen LogP contribution in [0.1, 0.15) is 38.7 Å². The van der Waals surface area contributed by atoms with Gasteiger partial charge in [-0.25, -0.2) is 4.98 Å². The van der Waals surface area contributed by atoms with E-state index in [4.69, 9.17) is 0 Å². The van der Waals surface area contributed by atoms with E-state index in [1.165, 1.54) is 0 Å². The Bertz CT molecular complexity index is 382. The monoisotopic (exact) mass is 223 g/mol. The summed E-state index contributed by atoms with van der Waals surface area (Å²) in [5.74, 6) is 2.14. The number of amides is 1. The molecule has 1 aromatic rings. The second-order valence-electron chi connectivity index (χ2n) is 3.77. The van der Waals surface area contributed by atoms with Crippen LogP contribution in [0.4, 0.5) is 5.82 Å². The molecule has 2 heterocycles. The van der Waals surface area contributed by atoms with Crippen molar-refractivity contribution in [3.63, 3.8) is 0 Å². The van der Waals surface area contributed by atoms with Gasteiger partial charge in [-0.1, -0.05) is 13.8 Å². The highest BCUT2D eigenvalue weighted by molar-refractivity contribution is 5.90. The van der Waals surface area contributed by atoms with Crippen molar-refractivity contribution in [1.82, 2.24) is 9.55 Å². The van der Waals surface area contributed by atoms with Gasteiger partial charge in [-0.15, -0.1) is 0 Å². The van der Waals surface area contributed by atoms with Crippen molar-refractivity contribution in [2.24, 2.45) is 0 Å². The smallest absolute Gasteiger partial charge is 0.224 e. The first-order valence-electron chi connectivity index (χ1n) is 5.91. The Morgan fingerprint density at radius 3 is 2.62 bits per heavy atom. The first-order valence-corrected chi connectivity index (χ1v) is 5.91. The van der Waals surface area contributed by atoms with E-state index in [0.717, 1.165) is 36.7 Å². The zero-order chi connectivity index (χ0) is 12.3. The van der Waals surface area contributed by atoms with Crippen LogP contribution in [0.15, 0.2) is 0 Å². The third-order valence-electron chi connectivity index (χ3n) is 2.76. The molecule has 0 spiro atoms. The number of carbonyl (C=O) groups is 1. The van der Waals surface area contributed by atoms with Crippen LogP contribution in [0.5, 0.6) is 0 Å². The van der Waals surface area contributed by atoms with Gasteiger partial charge >= 0.3 is 0 Å². The van der Waals surface area contributed by atoms with Crippen LogP contribution in [0.3, 0.4) is 0 Å². The van der Waals surface area contributed by atoms with Gasteiger partial charge in [0.1, 0.15) is 11.6 Å². The van der Waals surface area contributed by atoms with E-state index in [1.54, 1.807) is 18.9 Å². The number of imidazole rings is 1. The SMILES string of the molecule is CC.CC(=O)N(C)c1c(C)nc2n1CCC2. The van der Waals surface area contributed by atoms with E-state index in [2.05, 4.69) is 9.55 Å². The molecular formula is C12H21N3O. The van der Waals surface area contributed by atoms with Crippen LogP contribution in [0.25, 0.3) is 0 Å². The molecule has 16 heavy (non-hydrogen) atoms. The molecule has 1 aliphatic rings. The minimum Gasteiger partial charge on any atom is -0.314 e. The van der Waals surface area contributed by atoms with Crippen molar-refractivity contribution in [2.75, 3.05) is 11.9 Å². The fourth-order valence-electron chi connectivity index (χ4n) is 2.02. The minimum absolute atomic E-state index is 0.0581. The van der Waals surface area contributed by atoms with Gasteiger partial charge in [0.05, 0.1) is 5.69 Å². The number of aromatic nitrogens is 2. The summed E-state index contributed by atoms with van der Waals surface area (Å²) in [7, 11) is 1.80. The van der Waals surface area contributed by atoms with E-state index >= 15 is 0 Å². The van der Waals surface area contributed by atoms with Gasteiger partial charge in [0, 0.05) is 26.9 Å². The second kappa shape index (κ2) is 5.14. The van der Waals surface area contributed by atoms with Crippen molar-refractivity contribution in [3.8, 4) is 0 Å². The van der Waals surface area contributed by atoms with E-state index in [1.807, 2.05) is 20.8 Å². The van der Waals surface area contributed by atoms with Gasteiger partial charge in [-0.2, -0.15) is 0 Å². The number of fused-ring (bicyclic) bond motifs is 1. The van der Waals surface area contributed by atoms with Gasteiger partial charge in [0.25, 0.3) is 0 Å². The van der Waals surface area contributed by atoms with Crippen LogP contribution in [-0.4, -0.2) is 22.5 Å². The molecule has 1 aliphatic heterocycles. The highest BCUT2D eigenvalue weighted by Crippen LogP contribution is 2.26. The molecule has 4 nitrogen and oxygen atoms in total. The summed E-state index contributed by atoms with van der Waals surface area (Å²) < 4.78 is 2.15. The maximum atomic E-state index is 11.3. The number of rotatable bonds is 1. The van der Waals surface area contributed by atoms with Crippen LogP contribution in [-0.2, 0) is 17.8 Å². The number of nitrogens with zero attached hydrogens (tertiary/aromatic N) is 3. The summed E-state index contributed by atoms with van der Waals surface area (Å²) in [5, 5.41) is 0. The number of hydrogen-bond acceptors (Lipinski definition) is 2. The van der Waals surface area contributed by atoms with Crippen molar-refractivity contribution in [1.29, 1.82) is 0 Å². The molecule has 1 aromatic heterocycles.